The van der Waals surface area contributed by atoms with Gasteiger partial charge in [-0.05, 0) is 51.8 Å². The van der Waals surface area contributed by atoms with Crippen LogP contribution in [0.25, 0.3) is 0 Å². The number of carbonyl (C=O) groups is 2. The summed E-state index contributed by atoms with van der Waals surface area (Å²) < 4.78 is 11.1. The molecule has 1 aromatic rings. The Morgan fingerprint density at radius 2 is 2.17 bits per heavy atom. The molecular formula is C17H21ClN2O4. The Balaban J connectivity index is 1.92. The van der Waals surface area contributed by atoms with Crippen molar-refractivity contribution >= 4 is 29.5 Å². The van der Waals surface area contributed by atoms with Gasteiger partial charge < -0.3 is 14.4 Å². The van der Waals surface area contributed by atoms with Gasteiger partial charge in [-0.3, -0.25) is 5.32 Å². The molecule has 1 spiro atoms. The second-order valence-electron chi connectivity index (χ2n) is 7.20. The topological polar surface area (TPSA) is 67.9 Å². The van der Waals surface area contributed by atoms with Crippen LogP contribution in [0.5, 0.6) is 0 Å². The standard InChI is InChI=1S/C17H21ClN2O4/c1-16(2,3)24-15(22)20-8-4-7-17(10-20)12-9-11(18)5-6-13(12)19-14(21)23-17/h5-6,9H,4,7-8,10H2,1-3H3,(H,19,21). The molecule has 2 aliphatic rings. The number of ether oxygens (including phenoxy) is 2. The second kappa shape index (κ2) is 5.84. The van der Waals surface area contributed by atoms with Crippen LogP contribution in [0, 0.1) is 0 Å². The molecule has 2 aliphatic heterocycles. The molecule has 1 fully saturated rings. The minimum Gasteiger partial charge on any atom is -0.444 e. The fourth-order valence-electron chi connectivity index (χ4n) is 3.18. The maximum Gasteiger partial charge on any atom is 0.412 e. The molecule has 1 unspecified atom stereocenters. The lowest BCUT2D eigenvalue weighted by atomic mass is 9.83. The molecule has 0 radical (unpaired) electrons. The third-order valence-electron chi connectivity index (χ3n) is 4.10. The molecule has 1 atom stereocenters. The van der Waals surface area contributed by atoms with Gasteiger partial charge >= 0.3 is 12.2 Å². The molecular weight excluding hydrogens is 332 g/mol. The van der Waals surface area contributed by atoms with Crippen molar-refractivity contribution in [3.8, 4) is 0 Å². The quantitative estimate of drug-likeness (QED) is 0.762. The summed E-state index contributed by atoms with van der Waals surface area (Å²) in [5.41, 5.74) is -0.00429. The number of benzene rings is 1. The molecule has 24 heavy (non-hydrogen) atoms. The number of hydrogen-bond donors (Lipinski definition) is 1. The zero-order valence-corrected chi connectivity index (χ0v) is 14.8. The number of nitrogens with one attached hydrogen (secondary N) is 1. The summed E-state index contributed by atoms with van der Waals surface area (Å²) in [6.07, 6.45) is 0.418. The molecule has 1 aromatic carbocycles. The molecule has 2 amide bonds. The van der Waals surface area contributed by atoms with Gasteiger partial charge in [0.1, 0.15) is 5.60 Å². The van der Waals surface area contributed by atoms with Gasteiger partial charge in [0, 0.05) is 17.1 Å². The number of hydrogen-bond acceptors (Lipinski definition) is 4. The fourth-order valence-corrected chi connectivity index (χ4v) is 3.35. The average molecular weight is 353 g/mol. The maximum absolute atomic E-state index is 12.4. The first kappa shape index (κ1) is 16.9. The first-order chi connectivity index (χ1) is 11.2. The van der Waals surface area contributed by atoms with E-state index in [1.807, 2.05) is 20.8 Å². The number of carbonyl (C=O) groups excluding carboxylic acids is 2. The van der Waals surface area contributed by atoms with Crippen LogP contribution < -0.4 is 5.32 Å². The van der Waals surface area contributed by atoms with E-state index in [1.54, 1.807) is 23.1 Å². The van der Waals surface area contributed by atoms with Crippen LogP contribution in [0.2, 0.25) is 5.02 Å². The number of nitrogens with zero attached hydrogens (tertiary/aromatic N) is 1. The van der Waals surface area contributed by atoms with Crippen molar-refractivity contribution in [1.82, 2.24) is 4.90 Å². The Kier molecular flexibility index (Phi) is 4.11. The number of likely N-dealkylation sites (tertiary alicyclic amines) is 1. The number of fused-ring (bicyclic) bond motifs is 2. The Bertz CT molecular complexity index is 686. The van der Waals surface area contributed by atoms with Crippen LogP contribution in [-0.2, 0) is 15.1 Å². The first-order valence-corrected chi connectivity index (χ1v) is 8.34. The summed E-state index contributed by atoms with van der Waals surface area (Å²) >= 11 is 6.13. The number of rotatable bonds is 0. The Morgan fingerprint density at radius 1 is 1.42 bits per heavy atom. The first-order valence-electron chi connectivity index (χ1n) is 7.96. The third kappa shape index (κ3) is 3.29. The highest BCUT2D eigenvalue weighted by Gasteiger charge is 2.47. The summed E-state index contributed by atoms with van der Waals surface area (Å²) in [5, 5.41) is 3.24. The van der Waals surface area contributed by atoms with Crippen molar-refractivity contribution in [3.05, 3.63) is 28.8 Å². The SMILES string of the molecule is CC(C)(C)OC(=O)N1CCCC2(C1)OC(=O)Nc1ccc(Cl)cc12. The molecule has 0 bridgehead atoms. The summed E-state index contributed by atoms with van der Waals surface area (Å²) in [6, 6.07) is 5.26. The second-order valence-corrected chi connectivity index (χ2v) is 7.64. The molecule has 0 saturated carbocycles. The molecule has 2 heterocycles. The minimum absolute atomic E-state index is 0.253. The molecule has 6 nitrogen and oxygen atoms in total. The zero-order chi connectivity index (χ0) is 17.5. The predicted molar refractivity (Wildman–Crippen MR) is 90.3 cm³/mol. The van der Waals surface area contributed by atoms with Crippen LogP contribution in [0.1, 0.15) is 39.2 Å². The van der Waals surface area contributed by atoms with Crippen LogP contribution in [0.4, 0.5) is 15.3 Å². The van der Waals surface area contributed by atoms with Gasteiger partial charge in [0.25, 0.3) is 0 Å². The van der Waals surface area contributed by atoms with Gasteiger partial charge in [0.2, 0.25) is 0 Å². The normalized spacial score (nSPS) is 23.3. The number of piperidine rings is 1. The number of halogens is 1. The Labute approximate surface area is 146 Å². The van der Waals surface area contributed by atoms with E-state index in [0.717, 1.165) is 5.56 Å². The average Bonchev–Trinajstić information content (AvgIpc) is 2.46. The van der Waals surface area contributed by atoms with Crippen molar-refractivity contribution in [2.24, 2.45) is 0 Å². The van der Waals surface area contributed by atoms with Crippen molar-refractivity contribution in [1.29, 1.82) is 0 Å². The van der Waals surface area contributed by atoms with Crippen molar-refractivity contribution in [2.45, 2.75) is 44.8 Å². The largest absolute Gasteiger partial charge is 0.444 e. The van der Waals surface area contributed by atoms with E-state index in [9.17, 15) is 9.59 Å². The van der Waals surface area contributed by atoms with Crippen molar-refractivity contribution in [2.75, 3.05) is 18.4 Å². The smallest absolute Gasteiger partial charge is 0.412 e. The van der Waals surface area contributed by atoms with E-state index in [0.29, 0.717) is 30.1 Å². The highest BCUT2D eigenvalue weighted by Crippen LogP contribution is 2.43. The summed E-state index contributed by atoms with van der Waals surface area (Å²) in [6.45, 7) is 6.29. The maximum atomic E-state index is 12.4. The van der Waals surface area contributed by atoms with E-state index in [1.165, 1.54) is 0 Å². The Morgan fingerprint density at radius 3 is 2.88 bits per heavy atom. The van der Waals surface area contributed by atoms with Crippen LogP contribution >= 0.6 is 11.6 Å². The minimum atomic E-state index is -0.891. The summed E-state index contributed by atoms with van der Waals surface area (Å²) in [5.74, 6) is 0. The number of anilines is 1. The molecule has 0 aliphatic carbocycles. The molecule has 7 heteroatoms. The van der Waals surface area contributed by atoms with E-state index < -0.39 is 23.4 Å². The van der Waals surface area contributed by atoms with E-state index in [-0.39, 0.29) is 6.54 Å². The highest BCUT2D eigenvalue weighted by atomic mass is 35.5. The fraction of sp³-hybridized carbons (Fsp3) is 0.529. The van der Waals surface area contributed by atoms with E-state index in [4.69, 9.17) is 21.1 Å². The predicted octanol–water partition coefficient (Wildman–Crippen LogP) is 4.13. The van der Waals surface area contributed by atoms with Crippen molar-refractivity contribution < 1.29 is 19.1 Å². The van der Waals surface area contributed by atoms with E-state index >= 15 is 0 Å². The van der Waals surface area contributed by atoms with Crippen LogP contribution in [0.3, 0.4) is 0 Å². The van der Waals surface area contributed by atoms with Gasteiger partial charge in [0.05, 0.1) is 12.2 Å². The summed E-state index contributed by atoms with van der Waals surface area (Å²) in [4.78, 5) is 26.0. The number of amides is 2. The molecule has 1 saturated heterocycles. The molecule has 1 N–H and O–H groups in total. The third-order valence-corrected chi connectivity index (χ3v) is 4.34. The van der Waals surface area contributed by atoms with Gasteiger partial charge in [0.15, 0.2) is 5.60 Å². The van der Waals surface area contributed by atoms with E-state index in [2.05, 4.69) is 5.32 Å². The molecule has 3 rings (SSSR count). The molecule has 0 aromatic heterocycles. The lowest BCUT2D eigenvalue weighted by Crippen LogP contribution is -2.53. The van der Waals surface area contributed by atoms with Gasteiger partial charge in [-0.2, -0.15) is 0 Å². The lowest BCUT2D eigenvalue weighted by Gasteiger charge is -2.45. The zero-order valence-electron chi connectivity index (χ0n) is 14.0. The lowest BCUT2D eigenvalue weighted by molar-refractivity contribution is -0.0537. The van der Waals surface area contributed by atoms with Crippen LogP contribution in [-0.4, -0.2) is 35.8 Å². The molecule has 130 valence electrons. The summed E-state index contributed by atoms with van der Waals surface area (Å²) in [7, 11) is 0. The van der Waals surface area contributed by atoms with Gasteiger partial charge in [-0.15, -0.1) is 0 Å². The van der Waals surface area contributed by atoms with Crippen LogP contribution in [0.15, 0.2) is 18.2 Å². The van der Waals surface area contributed by atoms with Crippen molar-refractivity contribution in [3.63, 3.8) is 0 Å². The Hall–Kier alpha value is -1.95. The monoisotopic (exact) mass is 352 g/mol. The van der Waals surface area contributed by atoms with Gasteiger partial charge in [-0.25, -0.2) is 9.59 Å². The highest BCUT2D eigenvalue weighted by molar-refractivity contribution is 6.30. The van der Waals surface area contributed by atoms with Gasteiger partial charge in [-0.1, -0.05) is 11.6 Å².